The van der Waals surface area contributed by atoms with Crippen molar-refractivity contribution in [2.45, 2.75) is 32.7 Å². The van der Waals surface area contributed by atoms with Gasteiger partial charge in [0.15, 0.2) is 5.96 Å². The van der Waals surface area contributed by atoms with Crippen LogP contribution in [0.5, 0.6) is 5.75 Å². The van der Waals surface area contributed by atoms with Crippen LogP contribution in [0.15, 0.2) is 47.5 Å². The number of hydrogen-bond donors (Lipinski definition) is 2. The first-order valence-electron chi connectivity index (χ1n) is 10.5. The van der Waals surface area contributed by atoms with Crippen LogP contribution in [0.4, 0.5) is 0 Å². The maximum Gasteiger partial charge on any atom is 0.243 e. The van der Waals surface area contributed by atoms with Crippen molar-refractivity contribution < 1.29 is 9.53 Å². The van der Waals surface area contributed by atoms with Crippen LogP contribution in [-0.2, 0) is 11.2 Å². The molecule has 0 saturated carbocycles. The zero-order chi connectivity index (χ0) is 21.5. The van der Waals surface area contributed by atoms with Gasteiger partial charge in [-0.05, 0) is 31.9 Å². The number of amides is 1. The highest BCUT2D eigenvalue weighted by atomic mass is 16.5. The summed E-state index contributed by atoms with van der Waals surface area (Å²) >= 11 is 0. The van der Waals surface area contributed by atoms with Crippen molar-refractivity contribution in [1.29, 1.82) is 0 Å². The van der Waals surface area contributed by atoms with Crippen LogP contribution < -0.4 is 15.4 Å². The Bertz CT molecular complexity index is 888. The van der Waals surface area contributed by atoms with Crippen LogP contribution in [0.3, 0.4) is 0 Å². The molecular weight excluding hydrogens is 376 g/mol. The summed E-state index contributed by atoms with van der Waals surface area (Å²) in [7, 11) is 3.49. The largest absolute Gasteiger partial charge is 0.493 e. The second-order valence-electron chi connectivity index (χ2n) is 8.00. The lowest BCUT2D eigenvalue weighted by Gasteiger charge is -2.28. The molecule has 0 radical (unpaired) electrons. The number of fused-ring (bicyclic) bond motifs is 1. The van der Waals surface area contributed by atoms with Crippen molar-refractivity contribution in [3.8, 4) is 5.75 Å². The topological polar surface area (TPSA) is 66.0 Å². The molecule has 160 valence electrons. The van der Waals surface area contributed by atoms with Crippen molar-refractivity contribution in [3.05, 3.63) is 64.7 Å². The number of nitrogens with zero attached hydrogens (tertiary/aromatic N) is 2. The van der Waals surface area contributed by atoms with E-state index in [-0.39, 0.29) is 18.5 Å². The Balaban J connectivity index is 1.69. The molecular formula is C24H32N4O2. The first-order chi connectivity index (χ1) is 14.4. The van der Waals surface area contributed by atoms with Crippen LogP contribution in [0.25, 0.3) is 0 Å². The molecule has 1 atom stereocenters. The van der Waals surface area contributed by atoms with Crippen molar-refractivity contribution in [1.82, 2.24) is 15.5 Å². The maximum atomic E-state index is 12.1. The van der Waals surface area contributed by atoms with E-state index >= 15 is 0 Å². The second kappa shape index (κ2) is 10.1. The zero-order valence-corrected chi connectivity index (χ0v) is 18.4. The second-order valence-corrected chi connectivity index (χ2v) is 8.00. The summed E-state index contributed by atoms with van der Waals surface area (Å²) in [6.07, 6.45) is 1.73. The standard InChI is InChI=1S/C24H32N4O2/c1-17-13-18(2)15-19(14-17)9-11-25-24(26-16-23(29)28(3)4)27-21-10-12-30-22-8-6-5-7-20(21)22/h5-8,13-15,21H,9-12,16H2,1-4H3,(H2,25,26,27). The first kappa shape index (κ1) is 21.7. The lowest BCUT2D eigenvalue weighted by atomic mass is 10.0. The summed E-state index contributed by atoms with van der Waals surface area (Å²) in [5, 5.41) is 6.91. The van der Waals surface area contributed by atoms with Crippen molar-refractivity contribution in [2.24, 2.45) is 4.99 Å². The molecule has 0 bridgehead atoms. The Labute approximate surface area is 179 Å². The van der Waals surface area contributed by atoms with Gasteiger partial charge in [-0.15, -0.1) is 0 Å². The van der Waals surface area contributed by atoms with E-state index in [1.54, 1.807) is 19.0 Å². The molecule has 1 aliphatic heterocycles. The molecule has 6 heteroatoms. The van der Waals surface area contributed by atoms with Gasteiger partial charge in [0.05, 0.1) is 12.6 Å². The van der Waals surface area contributed by atoms with Crippen LogP contribution in [0, 0.1) is 13.8 Å². The number of aryl methyl sites for hydroxylation is 2. The molecule has 0 saturated heterocycles. The van der Waals surface area contributed by atoms with E-state index in [0.29, 0.717) is 12.6 Å². The molecule has 1 amide bonds. The lowest BCUT2D eigenvalue weighted by Crippen LogP contribution is -2.42. The summed E-state index contributed by atoms with van der Waals surface area (Å²) in [5.41, 5.74) is 4.95. The number of aliphatic imine (C=N–C) groups is 1. The minimum Gasteiger partial charge on any atom is -0.493 e. The molecule has 30 heavy (non-hydrogen) atoms. The average Bonchev–Trinajstić information content (AvgIpc) is 2.71. The third kappa shape index (κ3) is 5.99. The molecule has 6 nitrogen and oxygen atoms in total. The van der Waals surface area contributed by atoms with Gasteiger partial charge in [-0.2, -0.15) is 0 Å². The predicted octanol–water partition coefficient (Wildman–Crippen LogP) is 2.99. The molecule has 2 N–H and O–H groups in total. The monoisotopic (exact) mass is 408 g/mol. The SMILES string of the molecule is Cc1cc(C)cc(CCNC(=NCC(=O)N(C)C)NC2CCOc3ccccc32)c1. The van der Waals surface area contributed by atoms with E-state index in [1.165, 1.54) is 16.7 Å². The number of para-hydroxylation sites is 1. The minimum atomic E-state index is -0.0298. The molecule has 1 aliphatic rings. The molecule has 2 aromatic carbocycles. The van der Waals surface area contributed by atoms with E-state index < -0.39 is 0 Å². The van der Waals surface area contributed by atoms with Gasteiger partial charge in [0.2, 0.25) is 5.91 Å². The number of carbonyl (C=O) groups is 1. The first-order valence-corrected chi connectivity index (χ1v) is 10.5. The Hall–Kier alpha value is -3.02. The Morgan fingerprint density at radius 2 is 1.90 bits per heavy atom. The number of rotatable bonds is 6. The summed E-state index contributed by atoms with van der Waals surface area (Å²) in [4.78, 5) is 18.1. The van der Waals surface area contributed by atoms with Gasteiger partial charge in [0.1, 0.15) is 12.3 Å². The Morgan fingerprint density at radius 3 is 2.63 bits per heavy atom. The fourth-order valence-corrected chi connectivity index (χ4v) is 3.64. The highest BCUT2D eigenvalue weighted by molar-refractivity contribution is 5.85. The maximum absolute atomic E-state index is 12.1. The normalized spacial score (nSPS) is 15.7. The van der Waals surface area contributed by atoms with E-state index in [4.69, 9.17) is 4.74 Å². The summed E-state index contributed by atoms with van der Waals surface area (Å²) in [6.45, 7) is 5.73. The van der Waals surface area contributed by atoms with E-state index in [9.17, 15) is 4.79 Å². The van der Waals surface area contributed by atoms with Gasteiger partial charge in [0.25, 0.3) is 0 Å². The van der Waals surface area contributed by atoms with Crippen LogP contribution in [-0.4, -0.2) is 50.6 Å². The number of nitrogens with one attached hydrogen (secondary N) is 2. The van der Waals surface area contributed by atoms with Crippen molar-refractivity contribution >= 4 is 11.9 Å². The Kier molecular flexibility index (Phi) is 7.33. The molecule has 0 aliphatic carbocycles. The number of carbonyl (C=O) groups excluding carboxylic acids is 1. The fraction of sp³-hybridized carbons (Fsp3) is 0.417. The van der Waals surface area contributed by atoms with Crippen LogP contribution in [0.1, 0.15) is 34.7 Å². The average molecular weight is 409 g/mol. The molecule has 0 spiro atoms. The highest BCUT2D eigenvalue weighted by Gasteiger charge is 2.22. The lowest BCUT2D eigenvalue weighted by molar-refractivity contribution is -0.127. The molecule has 1 unspecified atom stereocenters. The molecule has 2 aromatic rings. The summed E-state index contributed by atoms with van der Waals surface area (Å²) in [6, 6.07) is 14.8. The predicted molar refractivity (Wildman–Crippen MR) is 121 cm³/mol. The number of benzene rings is 2. The minimum absolute atomic E-state index is 0.0298. The fourth-order valence-electron chi connectivity index (χ4n) is 3.64. The number of guanidine groups is 1. The molecule has 0 aromatic heterocycles. The zero-order valence-electron chi connectivity index (χ0n) is 18.4. The van der Waals surface area contributed by atoms with Gasteiger partial charge in [-0.25, -0.2) is 4.99 Å². The van der Waals surface area contributed by atoms with Gasteiger partial charge in [0, 0.05) is 32.6 Å². The third-order valence-corrected chi connectivity index (χ3v) is 5.13. The van der Waals surface area contributed by atoms with Gasteiger partial charge in [-0.3, -0.25) is 4.79 Å². The smallest absolute Gasteiger partial charge is 0.243 e. The van der Waals surface area contributed by atoms with E-state index in [1.807, 2.05) is 18.2 Å². The molecule has 1 heterocycles. The van der Waals surface area contributed by atoms with Crippen LogP contribution in [0.2, 0.25) is 0 Å². The van der Waals surface area contributed by atoms with E-state index in [0.717, 1.165) is 30.7 Å². The third-order valence-electron chi connectivity index (χ3n) is 5.13. The van der Waals surface area contributed by atoms with Gasteiger partial charge in [-0.1, -0.05) is 47.5 Å². The quantitative estimate of drug-likeness (QED) is 0.570. The van der Waals surface area contributed by atoms with E-state index in [2.05, 4.69) is 53.7 Å². The Morgan fingerprint density at radius 1 is 1.17 bits per heavy atom. The van der Waals surface area contributed by atoms with Crippen LogP contribution >= 0.6 is 0 Å². The molecule has 3 rings (SSSR count). The summed E-state index contributed by atoms with van der Waals surface area (Å²) in [5.74, 6) is 1.52. The summed E-state index contributed by atoms with van der Waals surface area (Å²) < 4.78 is 5.77. The van der Waals surface area contributed by atoms with Gasteiger partial charge < -0.3 is 20.3 Å². The number of ether oxygens (including phenoxy) is 1. The van der Waals surface area contributed by atoms with Crippen molar-refractivity contribution in [2.75, 3.05) is 33.8 Å². The number of hydrogen-bond acceptors (Lipinski definition) is 3. The molecule has 0 fully saturated rings. The van der Waals surface area contributed by atoms with Gasteiger partial charge >= 0.3 is 0 Å². The van der Waals surface area contributed by atoms with Crippen molar-refractivity contribution in [3.63, 3.8) is 0 Å². The number of likely N-dealkylation sites (N-methyl/N-ethyl adjacent to an activating group) is 1. The highest BCUT2D eigenvalue weighted by Crippen LogP contribution is 2.31.